The Morgan fingerprint density at radius 2 is 1.64 bits per heavy atom. The predicted octanol–water partition coefficient (Wildman–Crippen LogP) is 9.75. The molecule has 1 aromatic carbocycles. The van der Waals surface area contributed by atoms with Gasteiger partial charge in [0.2, 0.25) is 23.6 Å². The molecule has 0 radical (unpaired) electrons. The first-order valence-corrected chi connectivity index (χ1v) is 28.7. The van der Waals surface area contributed by atoms with E-state index in [0.29, 0.717) is 57.4 Å². The number of nitrogens with zero attached hydrogens (tertiary/aromatic N) is 7. The Hall–Kier alpha value is -5.69. The standard InChI is InChI=1S/C58H74BrF3N10O5/c1-37(2)57(22-19-44(30-57)67-48-18-15-38-28-43(59)16-17-46(38)48)56(77)71-34-40-27-42(58(60,61)62)33-65-52(40)49(36-71)68-54(75)41-32-66-72(35-41)45-20-25-70(26-21-45)50(73)14-10-8-6-4-5-7-9-11-24-64-55(76)47-29-51(74)69(3)53(47)39-13-12-23-63-31-39/h12-13,16-17,23,27-28,31-33,35,37,44-45,47-49,53,67H,4-11,14-15,18-22,24-26,29-30,34,36H2,1-3H3,(H,64,76)(H,68,75)/t44-,47+,48-,49-,53-,57+/m1/s1. The van der Waals surface area contributed by atoms with Crippen LogP contribution in [0.5, 0.6) is 0 Å². The Balaban J connectivity index is 0.701. The molecule has 3 fully saturated rings. The molecule has 9 rings (SSSR count). The summed E-state index contributed by atoms with van der Waals surface area (Å²) in [6, 6.07) is 10.3. The van der Waals surface area contributed by atoms with Crippen molar-refractivity contribution in [2.75, 3.05) is 33.2 Å². The molecule has 3 aromatic heterocycles. The van der Waals surface area contributed by atoms with Gasteiger partial charge in [0, 0.05) is 94.0 Å². The molecule has 414 valence electrons. The molecule has 5 aliphatic rings. The second-order valence-electron chi connectivity index (χ2n) is 22.6. The molecule has 3 N–H and O–H groups in total. The normalized spacial score (nSPS) is 23.6. The summed E-state index contributed by atoms with van der Waals surface area (Å²) in [5.41, 5.74) is 2.69. The van der Waals surface area contributed by atoms with Gasteiger partial charge in [-0.15, -0.1) is 0 Å². The van der Waals surface area contributed by atoms with Crippen LogP contribution in [0.1, 0.15) is 185 Å². The molecule has 6 heterocycles. The maximum atomic E-state index is 14.9. The van der Waals surface area contributed by atoms with Gasteiger partial charge in [-0.3, -0.25) is 38.6 Å². The Labute approximate surface area is 458 Å². The third-order valence-corrected chi connectivity index (χ3v) is 17.8. The summed E-state index contributed by atoms with van der Waals surface area (Å²) >= 11 is 3.59. The SMILES string of the molecule is CC(C)[C@]1(C(=O)N2Cc3cc(C(F)(F)F)cnc3[C@H](NC(=O)c3cnn(C4CCN(C(=O)CCCCCCCCCCNC(=O)[C@H]5CC(=O)N(C)[C@@H]5c5cccnc5)CC4)c3)C2)CC[C@@H](N[C@@H]2CCc3cc(Br)ccc32)C1. The molecule has 0 bridgehead atoms. The smallest absolute Gasteiger partial charge is 0.356 e. The summed E-state index contributed by atoms with van der Waals surface area (Å²) in [4.78, 5) is 81.2. The molecule has 4 aromatic rings. The van der Waals surface area contributed by atoms with Gasteiger partial charge in [-0.1, -0.05) is 80.4 Å². The van der Waals surface area contributed by atoms with Gasteiger partial charge in [0.05, 0.1) is 52.5 Å². The number of fused-ring (bicyclic) bond motifs is 2. The number of unbranched alkanes of at least 4 members (excludes halogenated alkanes) is 7. The van der Waals surface area contributed by atoms with E-state index in [1.807, 2.05) is 30.9 Å². The second kappa shape index (κ2) is 24.5. The summed E-state index contributed by atoms with van der Waals surface area (Å²) in [7, 11) is 1.74. The molecule has 19 heteroatoms. The summed E-state index contributed by atoms with van der Waals surface area (Å²) in [6.07, 6.45) is 16.9. The number of alkyl halides is 3. The van der Waals surface area contributed by atoms with Crippen LogP contribution in [0.15, 0.2) is 71.9 Å². The molecule has 1 saturated carbocycles. The molecule has 15 nitrogen and oxygen atoms in total. The average molecular weight is 1130 g/mol. The van der Waals surface area contributed by atoms with E-state index in [9.17, 15) is 37.1 Å². The number of hydrogen-bond acceptors (Lipinski definition) is 9. The summed E-state index contributed by atoms with van der Waals surface area (Å²) < 4.78 is 45.0. The molecule has 77 heavy (non-hydrogen) atoms. The number of benzene rings is 1. The number of rotatable bonds is 20. The van der Waals surface area contributed by atoms with E-state index in [0.717, 1.165) is 92.9 Å². The number of nitrogens with one attached hydrogen (secondary N) is 3. The molecular weight excluding hydrogens is 1050 g/mol. The van der Waals surface area contributed by atoms with Crippen LogP contribution in [-0.4, -0.2) is 103 Å². The van der Waals surface area contributed by atoms with Crippen molar-refractivity contribution in [3.8, 4) is 0 Å². The first-order valence-electron chi connectivity index (χ1n) is 27.9. The first kappa shape index (κ1) is 56.0. The van der Waals surface area contributed by atoms with E-state index in [4.69, 9.17) is 0 Å². The Morgan fingerprint density at radius 1 is 0.883 bits per heavy atom. The van der Waals surface area contributed by atoms with E-state index in [-0.39, 0.29) is 84.4 Å². The molecule has 0 spiro atoms. The van der Waals surface area contributed by atoms with Gasteiger partial charge in [0.15, 0.2) is 0 Å². The van der Waals surface area contributed by atoms with Crippen LogP contribution in [0, 0.1) is 17.3 Å². The number of aromatic nitrogens is 4. The second-order valence-corrected chi connectivity index (χ2v) is 23.5. The summed E-state index contributed by atoms with van der Waals surface area (Å²) in [5, 5.41) is 14.5. The number of carbonyl (C=O) groups excluding carboxylic acids is 5. The largest absolute Gasteiger partial charge is 0.417 e. The van der Waals surface area contributed by atoms with Gasteiger partial charge < -0.3 is 30.7 Å². The lowest BCUT2D eigenvalue weighted by atomic mass is 9.73. The van der Waals surface area contributed by atoms with Gasteiger partial charge in [-0.05, 0) is 110 Å². The number of aryl methyl sites for hydroxylation is 1. The highest BCUT2D eigenvalue weighted by Crippen LogP contribution is 2.48. The Bertz CT molecular complexity index is 2750. The fourth-order valence-electron chi connectivity index (χ4n) is 12.9. The molecule has 5 amide bonds. The van der Waals surface area contributed by atoms with E-state index in [1.54, 1.807) is 40.1 Å². The molecular formula is C58H74BrF3N10O5. The molecule has 2 aliphatic carbocycles. The predicted molar refractivity (Wildman–Crippen MR) is 288 cm³/mol. The monoisotopic (exact) mass is 1130 g/mol. The van der Waals surface area contributed by atoms with E-state index >= 15 is 0 Å². The maximum absolute atomic E-state index is 14.9. The van der Waals surface area contributed by atoms with Crippen LogP contribution >= 0.6 is 15.9 Å². The molecule has 6 atom stereocenters. The van der Waals surface area contributed by atoms with Crippen molar-refractivity contribution in [1.82, 2.24) is 50.4 Å². The minimum Gasteiger partial charge on any atom is -0.356 e. The van der Waals surface area contributed by atoms with Crippen molar-refractivity contribution >= 4 is 45.5 Å². The lowest BCUT2D eigenvalue weighted by Crippen LogP contribution is -2.51. The van der Waals surface area contributed by atoms with Crippen LogP contribution in [0.4, 0.5) is 13.2 Å². The highest BCUT2D eigenvalue weighted by atomic mass is 79.9. The lowest BCUT2D eigenvalue weighted by Gasteiger charge is -2.41. The number of likely N-dealkylation sites (tertiary alicyclic amines) is 2. The third-order valence-electron chi connectivity index (χ3n) is 17.3. The van der Waals surface area contributed by atoms with Crippen molar-refractivity contribution in [2.24, 2.45) is 17.3 Å². The van der Waals surface area contributed by atoms with Crippen molar-refractivity contribution in [3.63, 3.8) is 0 Å². The minimum atomic E-state index is -4.64. The van der Waals surface area contributed by atoms with E-state index in [2.05, 4.69) is 65.1 Å². The van der Waals surface area contributed by atoms with Gasteiger partial charge >= 0.3 is 6.18 Å². The molecule has 3 aliphatic heterocycles. The number of pyridine rings is 2. The fraction of sp³-hybridized carbons (Fsp3) is 0.586. The van der Waals surface area contributed by atoms with Gasteiger partial charge in [0.1, 0.15) is 0 Å². The Kier molecular flexibility index (Phi) is 17.9. The van der Waals surface area contributed by atoms with Crippen LogP contribution in [-0.2, 0) is 38.3 Å². The van der Waals surface area contributed by atoms with Crippen molar-refractivity contribution < 1.29 is 37.1 Å². The number of piperidine rings is 1. The molecule has 0 unspecified atom stereocenters. The zero-order valence-electron chi connectivity index (χ0n) is 44.6. The maximum Gasteiger partial charge on any atom is 0.417 e. The Morgan fingerprint density at radius 3 is 2.36 bits per heavy atom. The van der Waals surface area contributed by atoms with Crippen LogP contribution in [0.2, 0.25) is 0 Å². The summed E-state index contributed by atoms with van der Waals surface area (Å²) in [6.45, 7) is 5.88. The first-order chi connectivity index (χ1) is 37.0. The third kappa shape index (κ3) is 12.9. The van der Waals surface area contributed by atoms with Crippen molar-refractivity contribution in [2.45, 2.75) is 166 Å². The fourth-order valence-corrected chi connectivity index (χ4v) is 13.3. The minimum absolute atomic E-state index is 0.0184. The lowest BCUT2D eigenvalue weighted by molar-refractivity contribution is -0.146. The zero-order valence-corrected chi connectivity index (χ0v) is 46.2. The van der Waals surface area contributed by atoms with Crippen LogP contribution in [0.25, 0.3) is 0 Å². The van der Waals surface area contributed by atoms with Gasteiger partial charge in [-0.2, -0.15) is 18.3 Å². The van der Waals surface area contributed by atoms with Crippen LogP contribution in [0.3, 0.4) is 0 Å². The van der Waals surface area contributed by atoms with Crippen molar-refractivity contribution in [3.05, 3.63) is 111 Å². The van der Waals surface area contributed by atoms with Gasteiger partial charge in [-0.25, -0.2) is 0 Å². The number of carbonyl (C=O) groups is 5. The van der Waals surface area contributed by atoms with Gasteiger partial charge in [0.25, 0.3) is 5.91 Å². The number of halogens is 4. The van der Waals surface area contributed by atoms with E-state index < -0.39 is 35.0 Å². The quantitative estimate of drug-likeness (QED) is 0.0728. The van der Waals surface area contributed by atoms with E-state index in [1.165, 1.54) is 17.3 Å². The highest BCUT2D eigenvalue weighted by molar-refractivity contribution is 9.10. The van der Waals surface area contributed by atoms with Crippen molar-refractivity contribution in [1.29, 1.82) is 0 Å². The molecule has 2 saturated heterocycles. The summed E-state index contributed by atoms with van der Waals surface area (Å²) in [5.74, 6) is -1.01. The zero-order chi connectivity index (χ0) is 54.4. The van der Waals surface area contributed by atoms with Crippen LogP contribution < -0.4 is 16.0 Å². The number of hydrogen-bond donors (Lipinski definition) is 3. The number of amides is 5. The average Bonchev–Trinajstić information content (AvgIpc) is 4.26. The topological polar surface area (TPSA) is 175 Å². The highest BCUT2D eigenvalue weighted by Gasteiger charge is 2.51.